The fourth-order valence-corrected chi connectivity index (χ4v) is 6.13. The molecule has 210 valence electrons. The van der Waals surface area contributed by atoms with E-state index in [1.54, 1.807) is 51.6 Å². The third kappa shape index (κ3) is 5.45. The summed E-state index contributed by atoms with van der Waals surface area (Å²) in [6.07, 6.45) is 1.52. The first-order valence-electron chi connectivity index (χ1n) is 12.6. The molecule has 3 atom stereocenters. The monoisotopic (exact) mass is 548 g/mol. The van der Waals surface area contributed by atoms with Crippen LogP contribution in [-0.2, 0) is 19.7 Å². The van der Waals surface area contributed by atoms with E-state index in [1.165, 1.54) is 23.3 Å². The number of carbonyl (C=O) groups excluding carboxylic acids is 2. The van der Waals surface area contributed by atoms with Crippen molar-refractivity contribution in [1.29, 1.82) is 0 Å². The summed E-state index contributed by atoms with van der Waals surface area (Å²) >= 11 is 1.30. The van der Waals surface area contributed by atoms with Crippen molar-refractivity contribution in [3.8, 4) is 5.75 Å². The van der Waals surface area contributed by atoms with Gasteiger partial charge in [-0.15, -0.1) is 11.3 Å². The number of carbonyl (C=O) groups is 2. The Bertz CT molecular complexity index is 1140. The van der Waals surface area contributed by atoms with Crippen LogP contribution < -0.4 is 4.74 Å². The number of amides is 1. The zero-order valence-electron chi connectivity index (χ0n) is 23.5. The number of aromatic nitrogens is 1. The normalized spacial score (nSPS) is 23.9. The highest BCUT2D eigenvalue weighted by molar-refractivity contribution is 7.09. The van der Waals surface area contributed by atoms with Gasteiger partial charge < -0.3 is 29.3 Å². The van der Waals surface area contributed by atoms with Gasteiger partial charge in [-0.25, -0.2) is 9.78 Å². The second-order valence-corrected chi connectivity index (χ2v) is 12.9. The molecule has 10 heteroatoms. The standard InChI is InChI=1S/C28H40N2O7S/c1-25(2,3)19-10-9-18(13-20(19)36-8)23(33)30-21(22-29-11-12-38-22)27(15-31,17-35-7)14-28(30,16-32)24(34)37-26(4,5)6/h9-13,21,31-32H,14-17H2,1-8H3. The Labute approximate surface area is 228 Å². The molecule has 2 heterocycles. The Morgan fingerprint density at radius 1 is 1.13 bits per heavy atom. The molecule has 0 bridgehead atoms. The number of thiazole rings is 1. The van der Waals surface area contributed by atoms with Crippen LogP contribution in [0.15, 0.2) is 29.8 Å². The summed E-state index contributed by atoms with van der Waals surface area (Å²) in [6, 6.07) is 4.31. The molecule has 2 aromatic rings. The highest BCUT2D eigenvalue weighted by atomic mass is 32.1. The fourth-order valence-electron chi connectivity index (χ4n) is 5.27. The first kappa shape index (κ1) is 30.0. The first-order valence-corrected chi connectivity index (χ1v) is 13.4. The van der Waals surface area contributed by atoms with Crippen molar-refractivity contribution in [1.82, 2.24) is 9.88 Å². The third-order valence-electron chi connectivity index (χ3n) is 6.89. The number of aliphatic hydroxyl groups excluding tert-OH is 2. The molecule has 1 aliphatic heterocycles. The van der Waals surface area contributed by atoms with Gasteiger partial charge in [0.15, 0.2) is 5.54 Å². The number of ether oxygens (including phenoxy) is 3. The molecule has 1 saturated heterocycles. The lowest BCUT2D eigenvalue weighted by Gasteiger charge is -2.39. The Hall–Kier alpha value is -2.53. The van der Waals surface area contributed by atoms with Crippen molar-refractivity contribution in [3.05, 3.63) is 45.9 Å². The Morgan fingerprint density at radius 2 is 1.82 bits per heavy atom. The molecule has 0 spiro atoms. The van der Waals surface area contributed by atoms with Crippen molar-refractivity contribution >= 4 is 23.2 Å². The van der Waals surface area contributed by atoms with Crippen molar-refractivity contribution in [2.45, 2.75) is 70.6 Å². The van der Waals surface area contributed by atoms with Crippen molar-refractivity contribution in [2.75, 3.05) is 34.0 Å². The van der Waals surface area contributed by atoms with E-state index in [1.807, 2.05) is 26.8 Å². The van der Waals surface area contributed by atoms with Gasteiger partial charge >= 0.3 is 5.97 Å². The molecule has 0 radical (unpaired) electrons. The molecule has 1 aromatic heterocycles. The number of hydrogen-bond donors (Lipinski definition) is 2. The molecule has 1 aromatic carbocycles. The molecule has 38 heavy (non-hydrogen) atoms. The lowest BCUT2D eigenvalue weighted by atomic mass is 9.78. The average Bonchev–Trinajstić information content (AvgIpc) is 3.46. The third-order valence-corrected chi connectivity index (χ3v) is 7.72. The molecular formula is C28H40N2O7S. The van der Waals surface area contributed by atoms with Gasteiger partial charge in [-0.2, -0.15) is 0 Å². The zero-order valence-corrected chi connectivity index (χ0v) is 24.3. The maximum Gasteiger partial charge on any atom is 0.335 e. The van der Waals surface area contributed by atoms with Crippen LogP contribution in [0, 0.1) is 5.41 Å². The molecule has 2 N–H and O–H groups in total. The Balaban J connectivity index is 2.29. The number of aliphatic hydroxyl groups is 2. The summed E-state index contributed by atoms with van der Waals surface area (Å²) in [5.41, 5.74) is -2.86. The van der Waals surface area contributed by atoms with E-state index in [2.05, 4.69) is 4.98 Å². The van der Waals surface area contributed by atoms with E-state index >= 15 is 0 Å². The smallest absolute Gasteiger partial charge is 0.335 e. The number of likely N-dealkylation sites (tertiary alicyclic amines) is 1. The molecule has 0 saturated carbocycles. The molecule has 1 fully saturated rings. The fraction of sp³-hybridized carbons (Fsp3) is 0.607. The molecule has 3 rings (SSSR count). The molecular weight excluding hydrogens is 508 g/mol. The van der Waals surface area contributed by atoms with Gasteiger partial charge in [-0.05, 0) is 50.3 Å². The number of rotatable bonds is 8. The summed E-state index contributed by atoms with van der Waals surface area (Å²) in [4.78, 5) is 34.1. The molecule has 0 aliphatic carbocycles. The van der Waals surface area contributed by atoms with E-state index in [-0.39, 0.29) is 24.0 Å². The van der Waals surface area contributed by atoms with Crippen molar-refractivity contribution in [2.24, 2.45) is 5.41 Å². The summed E-state index contributed by atoms with van der Waals surface area (Å²) in [7, 11) is 3.03. The summed E-state index contributed by atoms with van der Waals surface area (Å²) in [6.45, 7) is 10.2. The maximum atomic E-state index is 14.4. The van der Waals surface area contributed by atoms with E-state index < -0.39 is 47.7 Å². The minimum Gasteiger partial charge on any atom is -0.496 e. The van der Waals surface area contributed by atoms with Crippen LogP contribution in [0.2, 0.25) is 0 Å². The van der Waals surface area contributed by atoms with E-state index in [0.29, 0.717) is 10.8 Å². The van der Waals surface area contributed by atoms with Crippen LogP contribution in [0.3, 0.4) is 0 Å². The van der Waals surface area contributed by atoms with Crippen LogP contribution in [0.25, 0.3) is 0 Å². The minimum atomic E-state index is -1.79. The molecule has 1 aliphatic rings. The number of methoxy groups -OCH3 is 2. The van der Waals surface area contributed by atoms with E-state index in [0.717, 1.165) is 5.56 Å². The number of esters is 1. The van der Waals surface area contributed by atoms with Gasteiger partial charge in [0.25, 0.3) is 5.91 Å². The van der Waals surface area contributed by atoms with Gasteiger partial charge in [0.1, 0.15) is 16.4 Å². The topological polar surface area (TPSA) is 118 Å². The van der Waals surface area contributed by atoms with Crippen LogP contribution in [-0.4, -0.2) is 77.2 Å². The van der Waals surface area contributed by atoms with Crippen molar-refractivity contribution in [3.63, 3.8) is 0 Å². The Morgan fingerprint density at radius 3 is 2.29 bits per heavy atom. The van der Waals surface area contributed by atoms with Gasteiger partial charge in [-0.3, -0.25) is 4.79 Å². The maximum absolute atomic E-state index is 14.4. The predicted octanol–water partition coefficient (Wildman–Crippen LogP) is 3.73. The molecule has 9 nitrogen and oxygen atoms in total. The lowest BCUT2D eigenvalue weighted by molar-refractivity contribution is -0.170. The number of benzene rings is 1. The highest BCUT2D eigenvalue weighted by Gasteiger charge is 2.66. The number of nitrogens with zero attached hydrogens (tertiary/aromatic N) is 2. The van der Waals surface area contributed by atoms with E-state index in [9.17, 15) is 19.8 Å². The largest absolute Gasteiger partial charge is 0.496 e. The molecule has 3 unspecified atom stereocenters. The number of hydrogen-bond acceptors (Lipinski definition) is 9. The van der Waals surface area contributed by atoms with Gasteiger partial charge in [0, 0.05) is 29.7 Å². The second kappa shape index (κ2) is 10.9. The minimum absolute atomic E-state index is 0.0222. The summed E-state index contributed by atoms with van der Waals surface area (Å²) < 4.78 is 16.9. The second-order valence-electron chi connectivity index (χ2n) is 11.9. The first-order chi connectivity index (χ1) is 17.7. The zero-order chi connectivity index (χ0) is 28.5. The van der Waals surface area contributed by atoms with Crippen LogP contribution >= 0.6 is 11.3 Å². The quantitative estimate of drug-likeness (QED) is 0.479. The highest BCUT2D eigenvalue weighted by Crippen LogP contribution is 2.56. The van der Waals surface area contributed by atoms with Crippen molar-refractivity contribution < 1.29 is 34.0 Å². The van der Waals surface area contributed by atoms with Gasteiger partial charge in [0.05, 0.1) is 33.0 Å². The van der Waals surface area contributed by atoms with E-state index in [4.69, 9.17) is 14.2 Å². The molecule has 1 amide bonds. The average molecular weight is 549 g/mol. The van der Waals surface area contributed by atoms with Gasteiger partial charge in [0.2, 0.25) is 0 Å². The van der Waals surface area contributed by atoms with Crippen LogP contribution in [0.4, 0.5) is 0 Å². The Kier molecular flexibility index (Phi) is 8.62. The lowest BCUT2D eigenvalue weighted by Crippen LogP contribution is -2.58. The summed E-state index contributed by atoms with van der Waals surface area (Å²) in [5, 5.41) is 23.9. The summed E-state index contributed by atoms with van der Waals surface area (Å²) in [5.74, 6) is -0.743. The van der Waals surface area contributed by atoms with Crippen LogP contribution in [0.5, 0.6) is 5.75 Å². The van der Waals surface area contributed by atoms with Gasteiger partial charge in [-0.1, -0.05) is 26.8 Å². The van der Waals surface area contributed by atoms with Crippen LogP contribution in [0.1, 0.15) is 74.9 Å². The SMILES string of the molecule is COCC1(CO)CC(CO)(C(=O)OC(C)(C)C)N(C(=O)c2ccc(C(C)(C)C)c(OC)c2)C1c1nccs1. The predicted molar refractivity (Wildman–Crippen MR) is 144 cm³/mol.